The van der Waals surface area contributed by atoms with Crippen molar-refractivity contribution < 1.29 is 23.8 Å². The fourth-order valence-electron chi connectivity index (χ4n) is 4.43. The van der Waals surface area contributed by atoms with Crippen molar-refractivity contribution in [1.82, 2.24) is 19.6 Å². The number of Topliss-reactive ketones (excluding diaryl/α,β-unsaturated/α-hetero) is 1. The lowest BCUT2D eigenvalue weighted by atomic mass is 9.94. The highest BCUT2D eigenvalue weighted by molar-refractivity contribution is 6.46. The summed E-state index contributed by atoms with van der Waals surface area (Å²) in [7, 11) is 1.75. The lowest BCUT2D eigenvalue weighted by molar-refractivity contribution is -0.140. The Hall–Kier alpha value is -3.04. The molecule has 8 nitrogen and oxygen atoms in total. The number of carbonyl (C=O) groups excluding carboxylic acids is 2. The van der Waals surface area contributed by atoms with E-state index in [0.29, 0.717) is 48.8 Å². The van der Waals surface area contributed by atoms with Gasteiger partial charge in [-0.1, -0.05) is 12.1 Å². The monoisotopic (exact) mass is 442 g/mol. The van der Waals surface area contributed by atoms with E-state index in [1.807, 2.05) is 0 Å². The maximum absolute atomic E-state index is 13.6. The standard InChI is InChI=1S/C23H27FN4O4/c1-14-18(15(2)26(3)25-14)21(29)19-20(16-4-6-17(24)7-5-16)28(23(31)22(19)30)9-8-27-10-12-32-13-11-27/h4-7,20,29H,8-13H2,1-3H3. The Balaban J connectivity index is 1.77. The molecule has 1 aromatic heterocycles. The number of aliphatic hydroxyl groups is 1. The van der Waals surface area contributed by atoms with Gasteiger partial charge >= 0.3 is 0 Å². The number of amides is 1. The third-order valence-corrected chi connectivity index (χ3v) is 6.23. The molecule has 1 N–H and O–H groups in total. The molecule has 1 atom stereocenters. The van der Waals surface area contributed by atoms with Crippen molar-refractivity contribution in [3.05, 3.63) is 58.2 Å². The van der Waals surface area contributed by atoms with Crippen LogP contribution in [0.4, 0.5) is 4.39 Å². The molecular formula is C23H27FN4O4. The Kier molecular flexibility index (Phi) is 6.12. The highest BCUT2D eigenvalue weighted by Crippen LogP contribution is 2.40. The van der Waals surface area contributed by atoms with Crippen LogP contribution in [-0.2, 0) is 21.4 Å². The van der Waals surface area contributed by atoms with Gasteiger partial charge in [-0.15, -0.1) is 0 Å². The number of aromatic nitrogens is 2. The lowest BCUT2D eigenvalue weighted by Gasteiger charge is -2.31. The van der Waals surface area contributed by atoms with Gasteiger partial charge in [-0.05, 0) is 31.5 Å². The number of benzene rings is 1. The van der Waals surface area contributed by atoms with Crippen LogP contribution in [0.2, 0.25) is 0 Å². The average Bonchev–Trinajstić information content (AvgIpc) is 3.18. The van der Waals surface area contributed by atoms with Gasteiger partial charge < -0.3 is 14.7 Å². The highest BCUT2D eigenvalue weighted by atomic mass is 19.1. The maximum Gasteiger partial charge on any atom is 0.295 e. The Morgan fingerprint density at radius 3 is 2.41 bits per heavy atom. The molecule has 1 amide bonds. The first-order valence-electron chi connectivity index (χ1n) is 10.6. The SMILES string of the molecule is Cc1nn(C)c(C)c1C(O)=C1C(=O)C(=O)N(CCN2CCOCC2)C1c1ccc(F)cc1. The van der Waals surface area contributed by atoms with Crippen LogP contribution in [0.25, 0.3) is 5.76 Å². The molecule has 32 heavy (non-hydrogen) atoms. The van der Waals surface area contributed by atoms with Crippen molar-refractivity contribution in [2.75, 3.05) is 39.4 Å². The first-order valence-corrected chi connectivity index (χ1v) is 10.6. The fourth-order valence-corrected chi connectivity index (χ4v) is 4.43. The number of ketones is 1. The van der Waals surface area contributed by atoms with Gasteiger partial charge in [0.1, 0.15) is 11.6 Å². The molecule has 9 heteroatoms. The highest BCUT2D eigenvalue weighted by Gasteiger charge is 2.46. The molecule has 0 radical (unpaired) electrons. The number of rotatable bonds is 5. The number of nitrogens with zero attached hydrogens (tertiary/aromatic N) is 4. The Morgan fingerprint density at radius 2 is 1.81 bits per heavy atom. The Labute approximate surface area is 185 Å². The van der Waals surface area contributed by atoms with Crippen LogP contribution in [0.1, 0.15) is 28.6 Å². The molecule has 2 aromatic rings. The molecule has 0 spiro atoms. The molecule has 2 fully saturated rings. The van der Waals surface area contributed by atoms with Crippen LogP contribution >= 0.6 is 0 Å². The van der Waals surface area contributed by atoms with Crippen molar-refractivity contribution in [1.29, 1.82) is 0 Å². The quantitative estimate of drug-likeness (QED) is 0.433. The van der Waals surface area contributed by atoms with E-state index in [1.165, 1.54) is 17.0 Å². The van der Waals surface area contributed by atoms with Crippen LogP contribution < -0.4 is 0 Å². The van der Waals surface area contributed by atoms with Gasteiger partial charge in [-0.3, -0.25) is 19.2 Å². The average molecular weight is 442 g/mol. The topological polar surface area (TPSA) is 87.9 Å². The molecule has 0 bridgehead atoms. The summed E-state index contributed by atoms with van der Waals surface area (Å²) in [5.74, 6) is -2.09. The van der Waals surface area contributed by atoms with Crippen molar-refractivity contribution in [3.63, 3.8) is 0 Å². The van der Waals surface area contributed by atoms with E-state index >= 15 is 0 Å². The number of morpholine rings is 1. The summed E-state index contributed by atoms with van der Waals surface area (Å²) in [4.78, 5) is 29.8. The summed E-state index contributed by atoms with van der Waals surface area (Å²) < 4.78 is 20.6. The van der Waals surface area contributed by atoms with E-state index in [0.717, 1.165) is 13.1 Å². The Bertz CT molecular complexity index is 1070. The minimum Gasteiger partial charge on any atom is -0.507 e. The summed E-state index contributed by atoms with van der Waals surface area (Å²) in [6.07, 6.45) is 0. The summed E-state index contributed by atoms with van der Waals surface area (Å²) in [5.41, 5.74) is 2.24. The van der Waals surface area contributed by atoms with Crippen LogP contribution in [0.15, 0.2) is 29.8 Å². The van der Waals surface area contributed by atoms with Gasteiger partial charge in [0.2, 0.25) is 0 Å². The molecule has 4 rings (SSSR count). The molecule has 170 valence electrons. The van der Waals surface area contributed by atoms with E-state index < -0.39 is 23.5 Å². The number of hydrogen-bond donors (Lipinski definition) is 1. The first-order chi connectivity index (χ1) is 15.3. The number of carbonyl (C=O) groups is 2. The molecule has 0 saturated carbocycles. The van der Waals surface area contributed by atoms with E-state index in [2.05, 4.69) is 10.00 Å². The zero-order valence-electron chi connectivity index (χ0n) is 18.5. The van der Waals surface area contributed by atoms with Crippen molar-refractivity contribution in [2.45, 2.75) is 19.9 Å². The normalized spacial score (nSPS) is 21.5. The second-order valence-electron chi connectivity index (χ2n) is 8.17. The molecule has 0 aliphatic carbocycles. The minimum absolute atomic E-state index is 0.00258. The van der Waals surface area contributed by atoms with Gasteiger partial charge in [0.15, 0.2) is 0 Å². The fraction of sp³-hybridized carbons (Fsp3) is 0.435. The van der Waals surface area contributed by atoms with Crippen LogP contribution in [-0.4, -0.2) is 75.8 Å². The zero-order valence-corrected chi connectivity index (χ0v) is 18.5. The summed E-state index contributed by atoms with van der Waals surface area (Å²) in [6.45, 7) is 7.14. The van der Waals surface area contributed by atoms with Crippen LogP contribution in [0.5, 0.6) is 0 Å². The first kappa shape index (κ1) is 22.2. The molecule has 2 aliphatic rings. The van der Waals surface area contributed by atoms with E-state index in [1.54, 1.807) is 37.7 Å². The van der Waals surface area contributed by atoms with Gasteiger partial charge in [0.05, 0.1) is 36.1 Å². The molecular weight excluding hydrogens is 415 g/mol. The van der Waals surface area contributed by atoms with Crippen molar-refractivity contribution >= 4 is 17.4 Å². The molecule has 3 heterocycles. The number of aliphatic hydroxyl groups excluding tert-OH is 1. The predicted octanol–water partition coefficient (Wildman–Crippen LogP) is 1.93. The van der Waals surface area contributed by atoms with Crippen molar-refractivity contribution in [3.8, 4) is 0 Å². The number of ether oxygens (including phenoxy) is 1. The van der Waals surface area contributed by atoms with Crippen molar-refractivity contribution in [2.24, 2.45) is 7.05 Å². The van der Waals surface area contributed by atoms with E-state index in [4.69, 9.17) is 4.74 Å². The number of aryl methyl sites for hydroxylation is 2. The Morgan fingerprint density at radius 1 is 1.16 bits per heavy atom. The predicted molar refractivity (Wildman–Crippen MR) is 115 cm³/mol. The number of halogens is 1. The lowest BCUT2D eigenvalue weighted by Crippen LogP contribution is -2.42. The van der Waals surface area contributed by atoms with E-state index in [9.17, 15) is 19.1 Å². The van der Waals surface area contributed by atoms with Crippen LogP contribution in [0, 0.1) is 19.7 Å². The maximum atomic E-state index is 13.6. The number of hydrogen-bond acceptors (Lipinski definition) is 6. The third kappa shape index (κ3) is 3.93. The number of likely N-dealkylation sites (tertiary alicyclic amines) is 1. The molecule has 2 aliphatic heterocycles. The van der Waals surface area contributed by atoms with Gasteiger partial charge in [0.25, 0.3) is 11.7 Å². The van der Waals surface area contributed by atoms with Gasteiger partial charge in [-0.2, -0.15) is 5.10 Å². The molecule has 2 saturated heterocycles. The smallest absolute Gasteiger partial charge is 0.295 e. The second kappa shape index (κ2) is 8.84. The van der Waals surface area contributed by atoms with Crippen LogP contribution in [0.3, 0.4) is 0 Å². The molecule has 1 aromatic carbocycles. The minimum atomic E-state index is -0.810. The summed E-state index contributed by atoms with van der Waals surface area (Å²) >= 11 is 0. The van der Waals surface area contributed by atoms with Gasteiger partial charge in [0, 0.05) is 38.9 Å². The van der Waals surface area contributed by atoms with Gasteiger partial charge in [-0.25, -0.2) is 4.39 Å². The summed E-state index contributed by atoms with van der Waals surface area (Å²) in [5, 5.41) is 15.5. The van der Waals surface area contributed by atoms with E-state index in [-0.39, 0.29) is 11.3 Å². The third-order valence-electron chi connectivity index (χ3n) is 6.23. The largest absolute Gasteiger partial charge is 0.507 e. The summed E-state index contributed by atoms with van der Waals surface area (Å²) in [6, 6.07) is 4.86. The zero-order chi connectivity index (χ0) is 23.0. The second-order valence-corrected chi connectivity index (χ2v) is 8.17. The molecule has 1 unspecified atom stereocenters.